The second kappa shape index (κ2) is 7.77. The van der Waals surface area contributed by atoms with Crippen LogP contribution < -0.4 is 16.3 Å². The highest BCUT2D eigenvalue weighted by molar-refractivity contribution is 9.11. The number of hydrogen-bond donors (Lipinski definition) is 2. The van der Waals surface area contributed by atoms with E-state index in [1.165, 1.54) is 4.68 Å². The number of aryl methyl sites for hydroxylation is 3. The lowest BCUT2D eigenvalue weighted by Gasteiger charge is -2.14. The lowest BCUT2D eigenvalue weighted by molar-refractivity contribution is -0.632. The molecule has 0 aliphatic heterocycles. The predicted octanol–water partition coefficient (Wildman–Crippen LogP) is 2.01. The molecule has 0 atom stereocenters. The molecule has 0 saturated carbocycles. The zero-order valence-corrected chi connectivity index (χ0v) is 17.6. The number of nitrogens with two attached hydrogens (primary N) is 2. The molecule has 0 unspecified atom stereocenters. The topological polar surface area (TPSA) is 126 Å². The van der Waals surface area contributed by atoms with Crippen LogP contribution in [0.3, 0.4) is 0 Å². The summed E-state index contributed by atoms with van der Waals surface area (Å²) in [5.41, 5.74) is 8.34. The minimum Gasteiger partial charge on any atom is -0.744 e. The van der Waals surface area contributed by atoms with E-state index in [9.17, 15) is 13.0 Å². The number of benzene rings is 1. The Labute approximate surface area is 158 Å². The first kappa shape index (κ1) is 20.8. The standard InChI is InChI=1S/C9H12O3S.C5H6Br2N4/c1-6-4-7(2)9(8(3)5-6)13(10,11)12;1-2-3(6)10-4(7)5(8)11(2)9/h4-5H,1-3H3,(H,10,11,12);8H,9H2,1H3. The molecule has 132 valence electrons. The van der Waals surface area contributed by atoms with E-state index in [0.29, 0.717) is 26.2 Å². The van der Waals surface area contributed by atoms with Crippen molar-refractivity contribution in [2.45, 2.75) is 32.6 Å². The molecule has 2 aromatic rings. The van der Waals surface area contributed by atoms with Crippen molar-refractivity contribution in [1.29, 1.82) is 0 Å². The van der Waals surface area contributed by atoms with Crippen LogP contribution in [0.15, 0.2) is 26.2 Å². The molecule has 0 aliphatic carbocycles. The maximum absolute atomic E-state index is 10.8. The summed E-state index contributed by atoms with van der Waals surface area (Å²) in [7, 11) is -4.33. The zero-order chi connectivity index (χ0) is 18.8. The van der Waals surface area contributed by atoms with E-state index in [-0.39, 0.29) is 4.90 Å². The predicted molar refractivity (Wildman–Crippen MR) is 97.7 cm³/mol. The van der Waals surface area contributed by atoms with Gasteiger partial charge in [-0.2, -0.15) is 0 Å². The molecule has 1 aromatic heterocycles. The minimum atomic E-state index is -4.33. The van der Waals surface area contributed by atoms with Gasteiger partial charge in [0.2, 0.25) is 0 Å². The van der Waals surface area contributed by atoms with Crippen molar-refractivity contribution in [1.82, 2.24) is 4.98 Å². The summed E-state index contributed by atoms with van der Waals surface area (Å²) in [6.45, 7) is 6.94. The third-order valence-corrected chi connectivity index (χ3v) is 5.66. The summed E-state index contributed by atoms with van der Waals surface area (Å²) in [6, 6.07) is 3.38. The van der Waals surface area contributed by atoms with Gasteiger partial charge in [-0.1, -0.05) is 17.7 Å². The molecule has 0 bridgehead atoms. The Balaban J connectivity index is 0.000000243. The third kappa shape index (κ3) is 4.88. The van der Waals surface area contributed by atoms with Crippen molar-refractivity contribution in [2.24, 2.45) is 0 Å². The average molecular weight is 482 g/mol. The number of nitrogens with zero attached hydrogens (tertiary/aromatic N) is 2. The van der Waals surface area contributed by atoms with Gasteiger partial charge in [-0.3, -0.25) is 11.6 Å². The first-order valence-corrected chi connectivity index (χ1v) is 9.67. The first-order chi connectivity index (χ1) is 10.9. The zero-order valence-electron chi connectivity index (χ0n) is 13.6. The van der Waals surface area contributed by atoms with Crippen LogP contribution in [-0.2, 0) is 10.1 Å². The highest BCUT2D eigenvalue weighted by atomic mass is 79.9. The molecule has 7 nitrogen and oxygen atoms in total. The molecular weight excluding hydrogens is 464 g/mol. The summed E-state index contributed by atoms with van der Waals surface area (Å²) < 4.78 is 35.1. The molecule has 1 aromatic carbocycles. The molecule has 1 heterocycles. The van der Waals surface area contributed by atoms with Gasteiger partial charge in [0, 0.05) is 6.92 Å². The van der Waals surface area contributed by atoms with Crippen LogP contribution in [0.1, 0.15) is 22.4 Å². The van der Waals surface area contributed by atoms with E-state index in [1.54, 1.807) is 26.0 Å². The fraction of sp³-hybridized carbons (Fsp3) is 0.286. The van der Waals surface area contributed by atoms with Gasteiger partial charge in [0.05, 0.1) is 4.90 Å². The second-order valence-corrected chi connectivity index (χ2v) is 8.03. The maximum atomic E-state index is 10.8. The Morgan fingerprint density at radius 1 is 1.08 bits per heavy atom. The molecule has 24 heavy (non-hydrogen) atoms. The van der Waals surface area contributed by atoms with Gasteiger partial charge in [-0.25, -0.2) is 13.4 Å². The SMILES string of the molecule is Cc1c(Br)nc(Br)c(N)[n+]1N.Cc1cc(C)c(S(=O)(=O)[O-])c(C)c1. The van der Waals surface area contributed by atoms with Crippen LogP contribution in [-0.4, -0.2) is 18.0 Å². The highest BCUT2D eigenvalue weighted by Crippen LogP contribution is 2.21. The van der Waals surface area contributed by atoms with Crippen molar-refractivity contribution in [2.75, 3.05) is 11.6 Å². The van der Waals surface area contributed by atoms with Crippen LogP contribution in [0.5, 0.6) is 0 Å². The van der Waals surface area contributed by atoms with Crippen molar-refractivity contribution in [3.8, 4) is 0 Å². The Bertz CT molecular complexity index is 837. The van der Waals surface area contributed by atoms with Crippen LogP contribution in [0, 0.1) is 27.7 Å². The molecule has 0 radical (unpaired) electrons. The monoisotopic (exact) mass is 480 g/mol. The molecular formula is C14H18Br2N4O3S. The molecule has 0 spiro atoms. The number of aromatic nitrogens is 2. The van der Waals surface area contributed by atoms with Crippen LogP contribution in [0.4, 0.5) is 5.82 Å². The van der Waals surface area contributed by atoms with Gasteiger partial charge in [-0.15, -0.1) is 4.68 Å². The van der Waals surface area contributed by atoms with Crippen LogP contribution in [0.2, 0.25) is 0 Å². The summed E-state index contributed by atoms with van der Waals surface area (Å²) >= 11 is 6.40. The van der Waals surface area contributed by atoms with Crippen molar-refractivity contribution < 1.29 is 17.6 Å². The Hall–Kier alpha value is -1.23. The quantitative estimate of drug-likeness (QED) is 0.364. The summed E-state index contributed by atoms with van der Waals surface area (Å²) in [6.07, 6.45) is 0. The Morgan fingerprint density at radius 3 is 1.96 bits per heavy atom. The number of anilines is 1. The van der Waals surface area contributed by atoms with E-state index in [1.807, 2.05) is 13.8 Å². The van der Waals surface area contributed by atoms with E-state index in [4.69, 9.17) is 11.6 Å². The van der Waals surface area contributed by atoms with Crippen LogP contribution >= 0.6 is 31.9 Å². The van der Waals surface area contributed by atoms with Gasteiger partial charge in [0.25, 0.3) is 0 Å². The molecule has 4 N–H and O–H groups in total. The summed E-state index contributed by atoms with van der Waals surface area (Å²) in [4.78, 5) is 3.96. The lowest BCUT2D eigenvalue weighted by atomic mass is 10.1. The number of hydrogen-bond acceptors (Lipinski definition) is 6. The Kier molecular flexibility index (Phi) is 6.74. The lowest BCUT2D eigenvalue weighted by Crippen LogP contribution is -2.50. The fourth-order valence-corrected chi connectivity index (χ4v) is 4.05. The van der Waals surface area contributed by atoms with Crippen molar-refractivity contribution in [3.05, 3.63) is 43.7 Å². The number of rotatable bonds is 1. The van der Waals surface area contributed by atoms with Gasteiger partial charge < -0.3 is 4.55 Å². The fourth-order valence-electron chi connectivity index (χ4n) is 2.16. The van der Waals surface area contributed by atoms with Crippen molar-refractivity contribution >= 4 is 47.8 Å². The first-order valence-electron chi connectivity index (χ1n) is 6.68. The third-order valence-electron chi connectivity index (χ3n) is 3.18. The maximum Gasteiger partial charge on any atom is 0.329 e. The van der Waals surface area contributed by atoms with Gasteiger partial charge >= 0.3 is 5.82 Å². The van der Waals surface area contributed by atoms with E-state index < -0.39 is 10.1 Å². The molecule has 0 saturated heterocycles. The van der Waals surface area contributed by atoms with Gasteiger partial charge in [-0.05, 0) is 63.8 Å². The van der Waals surface area contributed by atoms with Gasteiger partial charge in [0.15, 0.2) is 14.9 Å². The summed E-state index contributed by atoms with van der Waals surface area (Å²) in [5.74, 6) is 5.98. The van der Waals surface area contributed by atoms with Gasteiger partial charge in [0.1, 0.15) is 10.1 Å². The molecule has 10 heteroatoms. The number of nitrogen functional groups attached to an aromatic ring is 2. The van der Waals surface area contributed by atoms with Crippen LogP contribution in [0.25, 0.3) is 0 Å². The average Bonchev–Trinajstić information content (AvgIpc) is 2.41. The second-order valence-electron chi connectivity index (χ2n) is 5.22. The van der Waals surface area contributed by atoms with E-state index >= 15 is 0 Å². The summed E-state index contributed by atoms with van der Waals surface area (Å²) in [5, 5.41) is 0. The number of halogens is 2. The van der Waals surface area contributed by atoms with Crippen molar-refractivity contribution in [3.63, 3.8) is 0 Å². The highest BCUT2D eigenvalue weighted by Gasteiger charge is 2.14. The molecule has 0 aliphatic rings. The molecule has 0 fully saturated rings. The van der Waals surface area contributed by atoms with E-state index in [2.05, 4.69) is 36.8 Å². The molecule has 2 rings (SSSR count). The smallest absolute Gasteiger partial charge is 0.329 e. The minimum absolute atomic E-state index is 0.0851. The Morgan fingerprint density at radius 2 is 1.54 bits per heavy atom. The van der Waals surface area contributed by atoms with E-state index in [0.717, 1.165) is 11.3 Å². The molecule has 0 amide bonds. The largest absolute Gasteiger partial charge is 0.744 e. The normalized spacial score (nSPS) is 11.0.